The Hall–Kier alpha value is 0. The van der Waals surface area contributed by atoms with Crippen LogP contribution in [0, 0.1) is 17.8 Å². The van der Waals surface area contributed by atoms with Crippen molar-refractivity contribution in [2.75, 3.05) is 0 Å². The van der Waals surface area contributed by atoms with Crippen molar-refractivity contribution in [3.05, 3.63) is 6.42 Å². The lowest BCUT2D eigenvalue weighted by Gasteiger charge is -2.23. The van der Waals surface area contributed by atoms with Gasteiger partial charge in [-0.2, -0.15) is 0 Å². The van der Waals surface area contributed by atoms with Crippen LogP contribution >= 0.6 is 0 Å². The molecule has 0 unspecified atom stereocenters. The Kier molecular flexibility index (Phi) is 3.24. The highest BCUT2D eigenvalue weighted by molar-refractivity contribution is 4.85. The van der Waals surface area contributed by atoms with Crippen molar-refractivity contribution in [3.63, 3.8) is 0 Å². The first-order valence-corrected chi connectivity index (χ1v) is 3.84. The Morgan fingerprint density at radius 2 is 1.78 bits per heavy atom. The van der Waals surface area contributed by atoms with E-state index in [0.717, 1.165) is 5.92 Å². The molecule has 55 valence electrons. The van der Waals surface area contributed by atoms with Crippen molar-refractivity contribution in [3.8, 4) is 0 Å². The highest BCUT2D eigenvalue weighted by Gasteiger charge is 2.16. The molecule has 0 heterocycles. The zero-order valence-electron chi connectivity index (χ0n) is 7.36. The van der Waals surface area contributed by atoms with Gasteiger partial charge in [0, 0.05) is 0 Å². The maximum atomic E-state index is 2.41. The van der Waals surface area contributed by atoms with E-state index in [0.29, 0.717) is 5.41 Å². The molecule has 0 heteroatoms. The van der Waals surface area contributed by atoms with Gasteiger partial charge in [0.15, 0.2) is 0 Å². The monoisotopic (exact) mass is 127 g/mol. The second-order valence-corrected chi connectivity index (χ2v) is 3.75. The molecule has 0 aliphatic rings. The molecule has 0 aliphatic carbocycles. The van der Waals surface area contributed by atoms with Gasteiger partial charge in [0.25, 0.3) is 0 Å². The molecule has 0 fully saturated rings. The SMILES string of the molecule is CCC(C)(C)[CH]C(C)C. The third kappa shape index (κ3) is 4.50. The molecule has 0 aromatic rings. The zero-order valence-corrected chi connectivity index (χ0v) is 7.36. The Morgan fingerprint density at radius 3 is 1.89 bits per heavy atom. The fraction of sp³-hybridized carbons (Fsp3) is 0.889. The fourth-order valence-corrected chi connectivity index (χ4v) is 1.02. The van der Waals surface area contributed by atoms with E-state index in [1.54, 1.807) is 0 Å². The topological polar surface area (TPSA) is 0 Å². The van der Waals surface area contributed by atoms with Gasteiger partial charge in [0.2, 0.25) is 0 Å². The summed E-state index contributed by atoms with van der Waals surface area (Å²) in [5, 5.41) is 0. The lowest BCUT2D eigenvalue weighted by molar-refractivity contribution is 0.380. The van der Waals surface area contributed by atoms with Crippen LogP contribution < -0.4 is 0 Å². The number of hydrogen-bond donors (Lipinski definition) is 0. The van der Waals surface area contributed by atoms with E-state index in [1.807, 2.05) is 0 Å². The molecule has 0 saturated heterocycles. The minimum absolute atomic E-state index is 0.439. The third-order valence-corrected chi connectivity index (χ3v) is 1.70. The van der Waals surface area contributed by atoms with Crippen LogP contribution in [0.1, 0.15) is 41.0 Å². The first-order chi connectivity index (χ1) is 3.98. The Balaban J connectivity index is 3.58. The summed E-state index contributed by atoms with van der Waals surface area (Å²) in [4.78, 5) is 0. The van der Waals surface area contributed by atoms with E-state index in [2.05, 4.69) is 41.0 Å². The Labute approximate surface area is 59.7 Å². The molecule has 0 aromatic heterocycles. The molecule has 0 spiro atoms. The summed E-state index contributed by atoms with van der Waals surface area (Å²) < 4.78 is 0. The van der Waals surface area contributed by atoms with Gasteiger partial charge in [-0.25, -0.2) is 0 Å². The predicted octanol–water partition coefficient (Wildman–Crippen LogP) is 3.28. The molecule has 0 amide bonds. The average molecular weight is 127 g/mol. The summed E-state index contributed by atoms with van der Waals surface area (Å²) in [6.07, 6.45) is 3.65. The van der Waals surface area contributed by atoms with E-state index in [4.69, 9.17) is 0 Å². The molecule has 0 bridgehead atoms. The van der Waals surface area contributed by atoms with Crippen LogP contribution in [-0.2, 0) is 0 Å². The summed E-state index contributed by atoms with van der Waals surface area (Å²) in [5.74, 6) is 0.722. The summed E-state index contributed by atoms with van der Waals surface area (Å²) in [6, 6.07) is 0. The lowest BCUT2D eigenvalue weighted by Crippen LogP contribution is -2.13. The van der Waals surface area contributed by atoms with Crippen molar-refractivity contribution in [1.82, 2.24) is 0 Å². The summed E-state index contributed by atoms with van der Waals surface area (Å²) in [7, 11) is 0. The van der Waals surface area contributed by atoms with Crippen molar-refractivity contribution >= 4 is 0 Å². The van der Waals surface area contributed by atoms with Gasteiger partial charge in [0.1, 0.15) is 0 Å². The second-order valence-electron chi connectivity index (χ2n) is 3.75. The van der Waals surface area contributed by atoms with E-state index in [1.165, 1.54) is 6.42 Å². The highest BCUT2D eigenvalue weighted by atomic mass is 14.2. The van der Waals surface area contributed by atoms with E-state index in [-0.39, 0.29) is 0 Å². The van der Waals surface area contributed by atoms with Crippen LogP contribution in [0.5, 0.6) is 0 Å². The largest absolute Gasteiger partial charge is 0.0649 e. The smallest absolute Gasteiger partial charge is 0.0304 e. The fourth-order valence-electron chi connectivity index (χ4n) is 1.02. The van der Waals surface area contributed by atoms with E-state index in [9.17, 15) is 0 Å². The molecule has 9 heavy (non-hydrogen) atoms. The molecular weight excluding hydrogens is 108 g/mol. The molecular formula is C9H19. The summed E-state index contributed by atoms with van der Waals surface area (Å²) in [5.41, 5.74) is 0.439. The van der Waals surface area contributed by atoms with Gasteiger partial charge in [-0.3, -0.25) is 0 Å². The Bertz CT molecular complexity index is 70.1. The van der Waals surface area contributed by atoms with Crippen LogP contribution in [0.15, 0.2) is 0 Å². The van der Waals surface area contributed by atoms with Gasteiger partial charge in [-0.1, -0.05) is 41.0 Å². The number of rotatable bonds is 3. The molecule has 1 radical (unpaired) electrons. The standard InChI is InChI=1S/C9H19/c1-6-9(4,5)7-8(2)3/h7-8H,6H2,1-5H3. The molecule has 0 saturated carbocycles. The number of hydrogen-bond acceptors (Lipinski definition) is 0. The van der Waals surface area contributed by atoms with Crippen LogP contribution in [0.3, 0.4) is 0 Å². The first kappa shape index (κ1) is 9.00. The second kappa shape index (κ2) is 3.24. The molecule has 0 aliphatic heterocycles. The Morgan fingerprint density at radius 1 is 1.33 bits per heavy atom. The van der Waals surface area contributed by atoms with E-state index >= 15 is 0 Å². The maximum Gasteiger partial charge on any atom is -0.0304 e. The molecule has 0 atom stereocenters. The summed E-state index contributed by atoms with van der Waals surface area (Å²) >= 11 is 0. The molecule has 0 rings (SSSR count). The van der Waals surface area contributed by atoms with Crippen LogP contribution in [0.25, 0.3) is 0 Å². The summed E-state index contributed by atoms with van der Waals surface area (Å²) in [6.45, 7) is 11.3. The maximum absolute atomic E-state index is 2.41. The predicted molar refractivity (Wildman–Crippen MR) is 43.2 cm³/mol. The van der Waals surface area contributed by atoms with Gasteiger partial charge in [0.05, 0.1) is 0 Å². The van der Waals surface area contributed by atoms with Crippen LogP contribution in [0.4, 0.5) is 0 Å². The normalized spacial score (nSPS) is 12.7. The molecule has 0 aromatic carbocycles. The van der Waals surface area contributed by atoms with Crippen molar-refractivity contribution in [2.24, 2.45) is 11.3 Å². The first-order valence-electron chi connectivity index (χ1n) is 3.84. The van der Waals surface area contributed by atoms with Crippen molar-refractivity contribution < 1.29 is 0 Å². The van der Waals surface area contributed by atoms with Gasteiger partial charge in [-0.05, 0) is 17.8 Å². The van der Waals surface area contributed by atoms with Crippen molar-refractivity contribution in [1.29, 1.82) is 0 Å². The van der Waals surface area contributed by atoms with Crippen molar-refractivity contribution in [2.45, 2.75) is 41.0 Å². The van der Waals surface area contributed by atoms with Gasteiger partial charge >= 0.3 is 0 Å². The van der Waals surface area contributed by atoms with Gasteiger partial charge < -0.3 is 0 Å². The lowest BCUT2D eigenvalue weighted by atomic mass is 9.82. The van der Waals surface area contributed by atoms with Crippen LogP contribution in [-0.4, -0.2) is 0 Å². The quantitative estimate of drug-likeness (QED) is 0.545. The minimum atomic E-state index is 0.439. The third-order valence-electron chi connectivity index (χ3n) is 1.70. The zero-order chi connectivity index (χ0) is 7.49. The van der Waals surface area contributed by atoms with Gasteiger partial charge in [-0.15, -0.1) is 0 Å². The average Bonchev–Trinajstić information content (AvgIpc) is 1.63. The molecule has 0 N–H and O–H groups in total. The van der Waals surface area contributed by atoms with E-state index < -0.39 is 0 Å². The van der Waals surface area contributed by atoms with Crippen LogP contribution in [0.2, 0.25) is 0 Å². The highest BCUT2D eigenvalue weighted by Crippen LogP contribution is 2.26. The molecule has 0 nitrogen and oxygen atoms in total. The minimum Gasteiger partial charge on any atom is -0.0649 e.